The van der Waals surface area contributed by atoms with E-state index in [1.54, 1.807) is 0 Å². The third kappa shape index (κ3) is 29.7. The highest BCUT2D eigenvalue weighted by Crippen LogP contribution is 2.22. The molecule has 2 heteroatoms. The van der Waals surface area contributed by atoms with Gasteiger partial charge in [-0.05, 0) is 75.0 Å². The number of allylic oxidation sites excluding steroid dienone is 6. The van der Waals surface area contributed by atoms with Gasteiger partial charge in [0, 0.05) is 6.42 Å². The second kappa shape index (κ2) is 29.2. The summed E-state index contributed by atoms with van der Waals surface area (Å²) >= 11 is 0. The van der Waals surface area contributed by atoms with E-state index in [4.69, 9.17) is 4.74 Å². The Morgan fingerprint density at radius 3 is 1.50 bits per heavy atom. The Kier molecular flexibility index (Phi) is 28.2. The highest BCUT2D eigenvalue weighted by atomic mass is 16.5. The molecular formula is C38H70O2. The molecule has 0 saturated carbocycles. The van der Waals surface area contributed by atoms with Crippen molar-refractivity contribution in [2.24, 2.45) is 23.7 Å². The Hall–Kier alpha value is -1.31. The summed E-state index contributed by atoms with van der Waals surface area (Å²) in [5.74, 6) is 3.20. The van der Waals surface area contributed by atoms with Crippen molar-refractivity contribution in [1.82, 2.24) is 0 Å². The van der Waals surface area contributed by atoms with Crippen LogP contribution in [0.1, 0.15) is 170 Å². The van der Waals surface area contributed by atoms with Gasteiger partial charge < -0.3 is 4.74 Å². The second-order valence-corrected chi connectivity index (χ2v) is 13.1. The molecule has 0 aromatic carbocycles. The van der Waals surface area contributed by atoms with Crippen molar-refractivity contribution in [1.29, 1.82) is 0 Å². The third-order valence-electron chi connectivity index (χ3n) is 8.16. The largest absolute Gasteiger partial charge is 0.466 e. The maximum atomic E-state index is 12.0. The molecule has 2 nitrogen and oxygen atoms in total. The van der Waals surface area contributed by atoms with Crippen LogP contribution in [0.2, 0.25) is 0 Å². The lowest BCUT2D eigenvalue weighted by molar-refractivity contribution is -0.144. The van der Waals surface area contributed by atoms with E-state index in [1.165, 1.54) is 83.5 Å². The van der Waals surface area contributed by atoms with Crippen LogP contribution < -0.4 is 0 Å². The molecule has 0 N–H and O–H groups in total. The third-order valence-corrected chi connectivity index (χ3v) is 8.16. The van der Waals surface area contributed by atoms with Crippen molar-refractivity contribution >= 4 is 5.97 Å². The molecule has 0 aliphatic heterocycles. The normalized spacial score (nSPS) is 14.6. The molecular weight excluding hydrogens is 488 g/mol. The van der Waals surface area contributed by atoms with Crippen molar-refractivity contribution < 1.29 is 9.53 Å². The minimum atomic E-state index is -0.0195. The van der Waals surface area contributed by atoms with E-state index >= 15 is 0 Å². The zero-order valence-electron chi connectivity index (χ0n) is 27.9. The van der Waals surface area contributed by atoms with Crippen molar-refractivity contribution in [3.63, 3.8) is 0 Å². The minimum absolute atomic E-state index is 0.0195. The van der Waals surface area contributed by atoms with E-state index in [1.807, 2.05) is 0 Å². The second-order valence-electron chi connectivity index (χ2n) is 13.1. The van der Waals surface area contributed by atoms with Crippen LogP contribution >= 0.6 is 0 Å². The summed E-state index contributed by atoms with van der Waals surface area (Å²) in [6.07, 6.45) is 37.6. The van der Waals surface area contributed by atoms with Crippen molar-refractivity contribution in [3.8, 4) is 0 Å². The molecule has 0 spiro atoms. The zero-order chi connectivity index (χ0) is 29.7. The van der Waals surface area contributed by atoms with Gasteiger partial charge in [-0.15, -0.1) is 0 Å². The Morgan fingerprint density at radius 1 is 0.550 bits per heavy atom. The predicted molar refractivity (Wildman–Crippen MR) is 179 cm³/mol. The fourth-order valence-electron chi connectivity index (χ4n) is 5.20. The van der Waals surface area contributed by atoms with Gasteiger partial charge in [0.1, 0.15) is 0 Å². The summed E-state index contributed by atoms with van der Waals surface area (Å²) in [4.78, 5) is 12.0. The summed E-state index contributed by atoms with van der Waals surface area (Å²) in [5.41, 5.74) is 0. The maximum Gasteiger partial charge on any atom is 0.305 e. The van der Waals surface area contributed by atoms with Gasteiger partial charge in [0.2, 0.25) is 0 Å². The van der Waals surface area contributed by atoms with Crippen molar-refractivity contribution in [2.75, 3.05) is 6.61 Å². The topological polar surface area (TPSA) is 26.3 Å². The number of ether oxygens (including phenoxy) is 1. The van der Waals surface area contributed by atoms with Crippen molar-refractivity contribution in [2.45, 2.75) is 170 Å². The number of carbonyl (C=O) groups excluding carboxylic acids is 1. The zero-order valence-corrected chi connectivity index (χ0v) is 27.9. The van der Waals surface area contributed by atoms with Crippen LogP contribution in [-0.4, -0.2) is 12.6 Å². The molecule has 0 rings (SSSR count). The predicted octanol–water partition coefficient (Wildman–Crippen LogP) is 12.6. The summed E-state index contributed by atoms with van der Waals surface area (Å²) in [6, 6.07) is 0. The Morgan fingerprint density at radius 2 is 1.00 bits per heavy atom. The summed E-state index contributed by atoms with van der Waals surface area (Å²) in [5, 5.41) is 0. The van der Waals surface area contributed by atoms with Gasteiger partial charge in [0.05, 0.1) is 6.61 Å². The molecule has 234 valence electrons. The number of carbonyl (C=O) groups is 1. The van der Waals surface area contributed by atoms with Crippen LogP contribution in [-0.2, 0) is 9.53 Å². The molecule has 0 amide bonds. The SMILES string of the molecule is CCCCC/C=C\C/C=C\C/C=C\CCCCC(=O)OCCC(C)CCCC(C)CCCC(C)CCCC(C)C. The van der Waals surface area contributed by atoms with Gasteiger partial charge in [-0.25, -0.2) is 0 Å². The van der Waals surface area contributed by atoms with Gasteiger partial charge in [0.15, 0.2) is 0 Å². The first-order valence-corrected chi connectivity index (χ1v) is 17.5. The van der Waals surface area contributed by atoms with Gasteiger partial charge in [-0.1, -0.05) is 149 Å². The van der Waals surface area contributed by atoms with Crippen LogP contribution in [0.25, 0.3) is 0 Å². The van der Waals surface area contributed by atoms with E-state index in [-0.39, 0.29) is 5.97 Å². The monoisotopic (exact) mass is 559 g/mol. The average Bonchev–Trinajstić information content (AvgIpc) is 2.90. The van der Waals surface area contributed by atoms with E-state index in [0.717, 1.165) is 56.3 Å². The van der Waals surface area contributed by atoms with E-state index in [9.17, 15) is 4.79 Å². The fraction of sp³-hybridized carbons (Fsp3) is 0.816. The van der Waals surface area contributed by atoms with Crippen LogP contribution in [0.4, 0.5) is 0 Å². The van der Waals surface area contributed by atoms with E-state index in [0.29, 0.717) is 18.9 Å². The molecule has 0 radical (unpaired) electrons. The van der Waals surface area contributed by atoms with Crippen LogP contribution in [0.15, 0.2) is 36.5 Å². The summed E-state index contributed by atoms with van der Waals surface area (Å²) < 4.78 is 5.50. The van der Waals surface area contributed by atoms with Gasteiger partial charge >= 0.3 is 5.97 Å². The minimum Gasteiger partial charge on any atom is -0.466 e. The molecule has 0 heterocycles. The Bertz CT molecular complexity index is 629. The Balaban J connectivity index is 3.59. The molecule has 0 aromatic heterocycles. The molecule has 0 aromatic rings. The molecule has 0 saturated heterocycles. The molecule has 3 unspecified atom stereocenters. The van der Waals surface area contributed by atoms with Crippen LogP contribution in [0.3, 0.4) is 0 Å². The van der Waals surface area contributed by atoms with E-state index < -0.39 is 0 Å². The lowest BCUT2D eigenvalue weighted by Gasteiger charge is -2.16. The Labute approximate surface area is 251 Å². The van der Waals surface area contributed by atoms with Crippen LogP contribution in [0.5, 0.6) is 0 Å². The number of unbranched alkanes of at least 4 members (excludes halogenated alkanes) is 5. The van der Waals surface area contributed by atoms with Gasteiger partial charge in [0.25, 0.3) is 0 Å². The quantitative estimate of drug-likeness (QED) is 0.0542. The van der Waals surface area contributed by atoms with E-state index in [2.05, 4.69) is 78.0 Å². The number of hydrogen-bond acceptors (Lipinski definition) is 2. The first-order chi connectivity index (χ1) is 19.3. The van der Waals surface area contributed by atoms with Gasteiger partial charge in [-0.2, -0.15) is 0 Å². The molecule has 0 bridgehead atoms. The number of hydrogen-bond donors (Lipinski definition) is 0. The fourth-order valence-corrected chi connectivity index (χ4v) is 5.20. The smallest absolute Gasteiger partial charge is 0.305 e. The highest BCUT2D eigenvalue weighted by Gasteiger charge is 2.09. The number of esters is 1. The standard InChI is InChI=1S/C38H70O2/c1-7-8-9-10-11-12-13-14-15-16-17-18-19-20-21-31-38(39)40-33-32-37(6)30-24-29-36(5)28-23-27-35(4)26-22-25-34(2)3/h11-12,14-15,17-18,34-37H,7-10,13,16,19-33H2,1-6H3/b12-11-,15-14-,18-17-. The lowest BCUT2D eigenvalue weighted by atomic mass is 9.91. The molecule has 0 fully saturated rings. The van der Waals surface area contributed by atoms with Crippen molar-refractivity contribution in [3.05, 3.63) is 36.5 Å². The summed E-state index contributed by atoms with van der Waals surface area (Å²) in [7, 11) is 0. The average molecular weight is 559 g/mol. The first kappa shape index (κ1) is 38.7. The highest BCUT2D eigenvalue weighted by molar-refractivity contribution is 5.69. The summed E-state index contributed by atoms with van der Waals surface area (Å²) in [6.45, 7) is 14.7. The molecule has 0 aliphatic carbocycles. The van der Waals surface area contributed by atoms with Gasteiger partial charge in [-0.3, -0.25) is 4.79 Å². The lowest BCUT2D eigenvalue weighted by Crippen LogP contribution is -2.09. The molecule has 3 atom stereocenters. The molecule has 40 heavy (non-hydrogen) atoms. The first-order valence-electron chi connectivity index (χ1n) is 17.5. The number of rotatable bonds is 28. The van der Waals surface area contributed by atoms with Crippen LogP contribution in [0, 0.1) is 23.7 Å². The molecule has 0 aliphatic rings. The maximum absolute atomic E-state index is 12.0.